The molecule has 1 atom stereocenters. The molecule has 0 amide bonds. The lowest BCUT2D eigenvalue weighted by atomic mass is 10.1. The molecular formula is C15H14Cl2O2S. The number of aryl methyl sites for hydroxylation is 1. The van der Waals surface area contributed by atoms with Gasteiger partial charge in [0, 0.05) is 22.4 Å². The van der Waals surface area contributed by atoms with Gasteiger partial charge in [0.15, 0.2) is 11.5 Å². The second kappa shape index (κ2) is 5.84. The van der Waals surface area contributed by atoms with Crippen LogP contribution in [0.5, 0.6) is 11.5 Å². The second-order valence-corrected chi connectivity index (χ2v) is 6.49. The first-order valence-corrected chi connectivity index (χ1v) is 8.13. The van der Waals surface area contributed by atoms with Crippen LogP contribution in [0.3, 0.4) is 0 Å². The molecule has 0 fully saturated rings. The van der Waals surface area contributed by atoms with Gasteiger partial charge in [-0.15, -0.1) is 22.9 Å². The van der Waals surface area contributed by atoms with E-state index in [2.05, 4.69) is 13.0 Å². The van der Waals surface area contributed by atoms with Crippen molar-refractivity contribution in [3.63, 3.8) is 0 Å². The molecule has 106 valence electrons. The SMILES string of the molecule is Cc1ccsc1C(Cl)c1cc2c(cc1Cl)OCCCO2. The third-order valence-corrected chi connectivity index (χ3v) is 5.27. The molecule has 20 heavy (non-hydrogen) atoms. The van der Waals surface area contributed by atoms with Gasteiger partial charge in [0.2, 0.25) is 0 Å². The maximum absolute atomic E-state index is 6.60. The highest BCUT2D eigenvalue weighted by Crippen LogP contribution is 2.43. The van der Waals surface area contributed by atoms with Crippen LogP contribution in [0.15, 0.2) is 23.6 Å². The molecule has 1 unspecified atom stereocenters. The Hall–Kier alpha value is -0.900. The minimum atomic E-state index is -0.264. The highest BCUT2D eigenvalue weighted by molar-refractivity contribution is 7.10. The van der Waals surface area contributed by atoms with Crippen molar-refractivity contribution in [1.82, 2.24) is 0 Å². The van der Waals surface area contributed by atoms with Crippen LogP contribution in [-0.2, 0) is 0 Å². The van der Waals surface area contributed by atoms with Crippen molar-refractivity contribution in [3.8, 4) is 11.5 Å². The minimum Gasteiger partial charge on any atom is -0.490 e. The van der Waals surface area contributed by atoms with Gasteiger partial charge in [-0.05, 0) is 35.6 Å². The van der Waals surface area contributed by atoms with Gasteiger partial charge in [-0.3, -0.25) is 0 Å². The highest BCUT2D eigenvalue weighted by atomic mass is 35.5. The summed E-state index contributed by atoms with van der Waals surface area (Å²) in [6, 6.07) is 5.77. The van der Waals surface area contributed by atoms with E-state index in [1.165, 1.54) is 5.56 Å². The van der Waals surface area contributed by atoms with Crippen LogP contribution in [0.4, 0.5) is 0 Å². The standard InChI is InChI=1S/C15H14Cl2O2S/c1-9-3-6-20-15(9)14(17)10-7-12-13(8-11(10)16)19-5-2-4-18-12/h3,6-8,14H,2,4-5H2,1H3. The summed E-state index contributed by atoms with van der Waals surface area (Å²) < 4.78 is 11.3. The third kappa shape index (κ3) is 2.62. The molecule has 3 rings (SSSR count). The number of hydrogen-bond donors (Lipinski definition) is 0. The molecule has 2 aromatic rings. The lowest BCUT2D eigenvalue weighted by molar-refractivity contribution is 0.297. The molecule has 1 aliphatic rings. The molecule has 1 aliphatic heterocycles. The zero-order valence-corrected chi connectivity index (χ0v) is 13.3. The van der Waals surface area contributed by atoms with Gasteiger partial charge in [-0.2, -0.15) is 0 Å². The molecule has 1 aromatic carbocycles. The summed E-state index contributed by atoms with van der Waals surface area (Å²) in [5.41, 5.74) is 2.04. The molecule has 2 nitrogen and oxygen atoms in total. The third-order valence-electron chi connectivity index (χ3n) is 3.27. The summed E-state index contributed by atoms with van der Waals surface area (Å²) in [5.74, 6) is 1.42. The van der Waals surface area contributed by atoms with Crippen LogP contribution in [0.25, 0.3) is 0 Å². The van der Waals surface area contributed by atoms with Crippen molar-refractivity contribution in [2.75, 3.05) is 13.2 Å². The number of alkyl halides is 1. The first kappa shape index (κ1) is 14.1. The Balaban J connectivity index is 2.01. The van der Waals surface area contributed by atoms with E-state index >= 15 is 0 Å². The Bertz CT molecular complexity index is 624. The van der Waals surface area contributed by atoms with Crippen LogP contribution in [0, 0.1) is 6.92 Å². The van der Waals surface area contributed by atoms with Crippen molar-refractivity contribution in [2.24, 2.45) is 0 Å². The highest BCUT2D eigenvalue weighted by Gasteiger charge is 2.21. The van der Waals surface area contributed by atoms with E-state index in [4.69, 9.17) is 32.7 Å². The van der Waals surface area contributed by atoms with Gasteiger partial charge in [0.25, 0.3) is 0 Å². The van der Waals surface area contributed by atoms with Gasteiger partial charge in [0.1, 0.15) is 0 Å². The van der Waals surface area contributed by atoms with Gasteiger partial charge in [-0.25, -0.2) is 0 Å². The van der Waals surface area contributed by atoms with E-state index in [-0.39, 0.29) is 5.38 Å². The smallest absolute Gasteiger partial charge is 0.162 e. The lowest BCUT2D eigenvalue weighted by Crippen LogP contribution is -1.98. The normalized spacial score (nSPS) is 15.8. The number of hydrogen-bond acceptors (Lipinski definition) is 3. The molecule has 0 saturated carbocycles. The summed E-state index contributed by atoms with van der Waals surface area (Å²) in [7, 11) is 0. The zero-order valence-electron chi connectivity index (χ0n) is 11.0. The zero-order chi connectivity index (χ0) is 14.1. The largest absolute Gasteiger partial charge is 0.490 e. The van der Waals surface area contributed by atoms with Crippen LogP contribution >= 0.6 is 34.5 Å². The number of thiophene rings is 1. The monoisotopic (exact) mass is 328 g/mol. The Morgan fingerprint density at radius 3 is 2.55 bits per heavy atom. The molecule has 0 saturated heterocycles. The fourth-order valence-electron chi connectivity index (χ4n) is 2.18. The summed E-state index contributed by atoms with van der Waals surface area (Å²) >= 11 is 14.6. The van der Waals surface area contributed by atoms with Crippen molar-refractivity contribution < 1.29 is 9.47 Å². The van der Waals surface area contributed by atoms with E-state index in [9.17, 15) is 0 Å². The predicted molar refractivity (Wildman–Crippen MR) is 83.8 cm³/mol. The van der Waals surface area contributed by atoms with E-state index in [0.717, 1.165) is 22.6 Å². The fourth-order valence-corrected chi connectivity index (χ4v) is 3.92. The van der Waals surface area contributed by atoms with Crippen molar-refractivity contribution in [2.45, 2.75) is 18.7 Å². The molecule has 0 N–H and O–H groups in total. The van der Waals surface area contributed by atoms with Crippen LogP contribution in [-0.4, -0.2) is 13.2 Å². The molecule has 0 spiro atoms. The average molecular weight is 329 g/mol. The number of benzene rings is 1. The van der Waals surface area contributed by atoms with Crippen LogP contribution in [0.2, 0.25) is 5.02 Å². The molecular weight excluding hydrogens is 315 g/mol. The topological polar surface area (TPSA) is 18.5 Å². The Morgan fingerprint density at radius 1 is 1.20 bits per heavy atom. The summed E-state index contributed by atoms with van der Waals surface area (Å²) in [5, 5.41) is 2.39. The summed E-state index contributed by atoms with van der Waals surface area (Å²) in [6.45, 7) is 3.36. The second-order valence-electron chi connectivity index (χ2n) is 4.70. The van der Waals surface area contributed by atoms with E-state index in [1.807, 2.05) is 11.4 Å². The maximum Gasteiger partial charge on any atom is 0.162 e. The van der Waals surface area contributed by atoms with Gasteiger partial charge >= 0.3 is 0 Å². The van der Waals surface area contributed by atoms with Gasteiger partial charge < -0.3 is 9.47 Å². The minimum absolute atomic E-state index is 0.264. The van der Waals surface area contributed by atoms with E-state index in [1.54, 1.807) is 17.4 Å². The number of rotatable bonds is 2. The average Bonchev–Trinajstić information content (AvgIpc) is 2.72. The van der Waals surface area contributed by atoms with Crippen LogP contribution in [0.1, 0.15) is 27.8 Å². The summed E-state index contributed by atoms with van der Waals surface area (Å²) in [4.78, 5) is 1.11. The number of fused-ring (bicyclic) bond motifs is 1. The number of ether oxygens (including phenoxy) is 2. The Morgan fingerprint density at radius 2 is 1.90 bits per heavy atom. The van der Waals surface area contributed by atoms with E-state index < -0.39 is 0 Å². The molecule has 0 radical (unpaired) electrons. The van der Waals surface area contributed by atoms with Crippen molar-refractivity contribution >= 4 is 34.5 Å². The maximum atomic E-state index is 6.60. The Kier molecular flexibility index (Phi) is 4.11. The molecule has 1 aromatic heterocycles. The first-order chi connectivity index (χ1) is 9.66. The number of halogens is 2. The van der Waals surface area contributed by atoms with Crippen molar-refractivity contribution in [3.05, 3.63) is 44.6 Å². The lowest BCUT2D eigenvalue weighted by Gasteiger charge is -2.15. The molecule has 2 heterocycles. The predicted octanol–water partition coefficient (Wildman–Crippen LogP) is 5.20. The molecule has 5 heteroatoms. The fraction of sp³-hybridized carbons (Fsp3) is 0.333. The van der Waals surface area contributed by atoms with Gasteiger partial charge in [-0.1, -0.05) is 11.6 Å². The van der Waals surface area contributed by atoms with Gasteiger partial charge in [0.05, 0.1) is 18.6 Å². The summed E-state index contributed by atoms with van der Waals surface area (Å²) in [6.07, 6.45) is 0.871. The van der Waals surface area contributed by atoms with Crippen molar-refractivity contribution in [1.29, 1.82) is 0 Å². The molecule has 0 bridgehead atoms. The Labute approximate surface area is 132 Å². The van der Waals surface area contributed by atoms with E-state index in [0.29, 0.717) is 24.0 Å². The molecule has 0 aliphatic carbocycles. The first-order valence-electron chi connectivity index (χ1n) is 6.44. The quantitative estimate of drug-likeness (QED) is 0.705. The van der Waals surface area contributed by atoms with Crippen LogP contribution < -0.4 is 9.47 Å².